The standard InChI is InChI=1S/C13H12FN3O4.C9H5FO2/c1-2-20-13(19)10(16-17-15)11(18)8-3-4-9(14)7-5-6-21-12(7)8;10-8-2-1-6(5-11)9-7(8)3-4-12-9/h3-6,10-11,18H,2H2,1H3;1-5H. The predicted molar refractivity (Wildman–Crippen MR) is 112 cm³/mol. The summed E-state index contributed by atoms with van der Waals surface area (Å²) in [5.74, 6) is -1.76. The first-order chi connectivity index (χ1) is 15.9. The third-order valence-corrected chi connectivity index (χ3v) is 4.64. The Bertz CT molecular complexity index is 1340. The summed E-state index contributed by atoms with van der Waals surface area (Å²) in [6.07, 6.45) is 1.76. The number of esters is 1. The number of azide groups is 1. The van der Waals surface area contributed by atoms with Gasteiger partial charge in [0.05, 0.1) is 35.5 Å². The van der Waals surface area contributed by atoms with Crippen LogP contribution in [-0.2, 0) is 9.53 Å². The number of carbonyl (C=O) groups is 2. The van der Waals surface area contributed by atoms with Crippen LogP contribution in [0.25, 0.3) is 32.4 Å². The van der Waals surface area contributed by atoms with Gasteiger partial charge < -0.3 is 18.7 Å². The molecule has 0 fully saturated rings. The maximum absolute atomic E-state index is 13.6. The summed E-state index contributed by atoms with van der Waals surface area (Å²) >= 11 is 0. The van der Waals surface area contributed by atoms with Crippen LogP contribution in [0.2, 0.25) is 0 Å². The van der Waals surface area contributed by atoms with Gasteiger partial charge in [0.15, 0.2) is 12.3 Å². The second kappa shape index (κ2) is 10.4. The minimum atomic E-state index is -1.51. The topological polar surface area (TPSA) is 139 Å². The smallest absolute Gasteiger partial charge is 0.317 e. The molecule has 4 rings (SSSR count). The van der Waals surface area contributed by atoms with Crippen molar-refractivity contribution in [2.24, 2.45) is 5.11 Å². The Kier molecular flexibility index (Phi) is 7.39. The number of furan rings is 2. The lowest BCUT2D eigenvalue weighted by Gasteiger charge is -2.17. The fourth-order valence-electron chi connectivity index (χ4n) is 3.12. The number of nitrogens with zero attached hydrogens (tertiary/aromatic N) is 3. The molecule has 0 saturated heterocycles. The first-order valence-corrected chi connectivity index (χ1v) is 9.58. The highest BCUT2D eigenvalue weighted by atomic mass is 19.1. The van der Waals surface area contributed by atoms with Gasteiger partial charge in [-0.15, -0.1) is 0 Å². The van der Waals surface area contributed by atoms with E-state index in [1.54, 1.807) is 6.92 Å². The van der Waals surface area contributed by atoms with Crippen molar-refractivity contribution in [1.82, 2.24) is 0 Å². The van der Waals surface area contributed by atoms with Gasteiger partial charge in [-0.3, -0.25) is 9.59 Å². The van der Waals surface area contributed by atoms with Crippen LogP contribution in [0.1, 0.15) is 28.9 Å². The summed E-state index contributed by atoms with van der Waals surface area (Å²) in [5.41, 5.74) is 9.43. The number of rotatable bonds is 6. The number of benzene rings is 2. The molecule has 9 nitrogen and oxygen atoms in total. The SMILES string of the molecule is CCOC(=O)C(N=[N+]=[N-])C(O)c1ccc(F)c2ccoc12.O=Cc1ccc(F)c2ccoc12. The molecule has 0 bridgehead atoms. The average molecular weight is 457 g/mol. The molecule has 1 N–H and O–H groups in total. The van der Waals surface area contributed by atoms with E-state index in [2.05, 4.69) is 10.0 Å². The summed E-state index contributed by atoms with van der Waals surface area (Å²) in [6.45, 7) is 1.66. The van der Waals surface area contributed by atoms with Gasteiger partial charge in [0.2, 0.25) is 0 Å². The average Bonchev–Trinajstić information content (AvgIpc) is 3.49. The van der Waals surface area contributed by atoms with Crippen LogP contribution in [-0.4, -0.2) is 30.0 Å². The summed E-state index contributed by atoms with van der Waals surface area (Å²) in [6, 6.07) is 6.47. The molecule has 2 aromatic heterocycles. The highest BCUT2D eigenvalue weighted by Gasteiger charge is 2.30. The molecule has 0 radical (unpaired) electrons. The number of hydrogen-bond acceptors (Lipinski definition) is 7. The van der Waals surface area contributed by atoms with Gasteiger partial charge in [0, 0.05) is 10.5 Å². The monoisotopic (exact) mass is 457 g/mol. The van der Waals surface area contributed by atoms with E-state index in [1.165, 1.54) is 42.9 Å². The molecular formula is C22H17F2N3O6. The molecule has 33 heavy (non-hydrogen) atoms. The van der Waals surface area contributed by atoms with Crippen molar-refractivity contribution >= 4 is 34.2 Å². The molecule has 0 amide bonds. The third kappa shape index (κ3) is 4.84. The summed E-state index contributed by atoms with van der Waals surface area (Å²) in [4.78, 5) is 24.7. The zero-order chi connectivity index (χ0) is 24.0. The molecule has 2 unspecified atom stereocenters. The summed E-state index contributed by atoms with van der Waals surface area (Å²) < 4.78 is 41.4. The largest absolute Gasteiger partial charge is 0.466 e. The van der Waals surface area contributed by atoms with Gasteiger partial charge in [-0.25, -0.2) is 8.78 Å². The van der Waals surface area contributed by atoms with Crippen LogP contribution >= 0.6 is 0 Å². The normalized spacial score (nSPS) is 12.4. The van der Waals surface area contributed by atoms with E-state index >= 15 is 0 Å². The summed E-state index contributed by atoms with van der Waals surface area (Å²) in [5, 5.41) is 14.0. The van der Waals surface area contributed by atoms with E-state index < -0.39 is 23.9 Å². The van der Waals surface area contributed by atoms with Gasteiger partial charge in [-0.1, -0.05) is 5.11 Å². The van der Waals surface area contributed by atoms with Crippen LogP contribution in [0.15, 0.2) is 62.9 Å². The van der Waals surface area contributed by atoms with Crippen molar-refractivity contribution < 1.29 is 37.0 Å². The van der Waals surface area contributed by atoms with Crippen molar-refractivity contribution in [3.63, 3.8) is 0 Å². The molecule has 11 heteroatoms. The minimum absolute atomic E-state index is 0.0720. The van der Waals surface area contributed by atoms with Crippen molar-refractivity contribution in [3.05, 3.63) is 82.1 Å². The Morgan fingerprint density at radius 2 is 1.73 bits per heavy atom. The number of hydrogen-bond donors (Lipinski definition) is 1. The van der Waals surface area contributed by atoms with Gasteiger partial charge in [0.1, 0.15) is 28.9 Å². The van der Waals surface area contributed by atoms with Gasteiger partial charge in [0.25, 0.3) is 0 Å². The lowest BCUT2D eigenvalue weighted by molar-refractivity contribution is -0.147. The molecule has 4 aromatic rings. The fourth-order valence-corrected chi connectivity index (χ4v) is 3.12. The molecule has 0 aliphatic heterocycles. The van der Waals surface area contributed by atoms with Crippen molar-refractivity contribution in [2.75, 3.05) is 6.61 Å². The van der Waals surface area contributed by atoms with E-state index in [-0.39, 0.29) is 29.0 Å². The number of ether oxygens (including phenoxy) is 1. The van der Waals surface area contributed by atoms with Crippen molar-refractivity contribution in [3.8, 4) is 0 Å². The van der Waals surface area contributed by atoms with Crippen LogP contribution in [0.3, 0.4) is 0 Å². The Hall–Kier alpha value is -4.21. The lowest BCUT2D eigenvalue weighted by Crippen LogP contribution is -2.28. The third-order valence-electron chi connectivity index (χ3n) is 4.64. The number of aliphatic hydroxyl groups is 1. The van der Waals surface area contributed by atoms with Gasteiger partial charge in [-0.05, 0) is 48.9 Å². The Morgan fingerprint density at radius 1 is 1.12 bits per heavy atom. The van der Waals surface area contributed by atoms with Gasteiger partial charge >= 0.3 is 5.97 Å². The maximum atomic E-state index is 13.6. The van der Waals surface area contributed by atoms with Crippen molar-refractivity contribution in [1.29, 1.82) is 0 Å². The van der Waals surface area contributed by atoms with E-state index in [0.717, 1.165) is 6.07 Å². The van der Waals surface area contributed by atoms with Crippen LogP contribution in [0.4, 0.5) is 8.78 Å². The summed E-state index contributed by atoms with van der Waals surface area (Å²) in [7, 11) is 0. The quantitative estimate of drug-likeness (QED) is 0.138. The second-order valence-corrected chi connectivity index (χ2v) is 6.56. The molecule has 170 valence electrons. The molecule has 0 spiro atoms. The molecular weight excluding hydrogens is 440 g/mol. The van der Waals surface area contributed by atoms with E-state index in [1.807, 2.05) is 0 Å². The number of carbonyl (C=O) groups excluding carboxylic acids is 2. The lowest BCUT2D eigenvalue weighted by atomic mass is 10.0. The predicted octanol–water partition coefficient (Wildman–Crippen LogP) is 5.23. The van der Waals surface area contributed by atoms with Crippen LogP contribution in [0.5, 0.6) is 0 Å². The Labute approximate surface area is 184 Å². The van der Waals surface area contributed by atoms with E-state index in [0.29, 0.717) is 22.8 Å². The van der Waals surface area contributed by atoms with E-state index in [4.69, 9.17) is 19.1 Å². The zero-order valence-corrected chi connectivity index (χ0v) is 17.1. The first kappa shape index (κ1) is 23.5. The minimum Gasteiger partial charge on any atom is -0.466 e. The van der Waals surface area contributed by atoms with E-state index in [9.17, 15) is 23.5 Å². The second-order valence-electron chi connectivity index (χ2n) is 6.56. The molecule has 2 atom stereocenters. The van der Waals surface area contributed by atoms with Crippen LogP contribution < -0.4 is 0 Å². The zero-order valence-electron chi connectivity index (χ0n) is 17.1. The van der Waals surface area contributed by atoms with Crippen molar-refractivity contribution in [2.45, 2.75) is 19.1 Å². The molecule has 2 heterocycles. The Morgan fingerprint density at radius 3 is 2.33 bits per heavy atom. The van der Waals surface area contributed by atoms with Gasteiger partial charge in [-0.2, -0.15) is 0 Å². The Balaban J connectivity index is 0.000000215. The molecule has 0 aliphatic rings. The molecule has 0 aliphatic carbocycles. The molecule has 2 aromatic carbocycles. The fraction of sp³-hybridized carbons (Fsp3) is 0.182. The number of fused-ring (bicyclic) bond motifs is 2. The first-order valence-electron chi connectivity index (χ1n) is 9.58. The molecule has 0 saturated carbocycles. The number of aldehydes is 1. The van der Waals surface area contributed by atoms with Crippen LogP contribution in [0, 0.1) is 11.6 Å². The number of aliphatic hydroxyl groups excluding tert-OH is 1. The highest BCUT2D eigenvalue weighted by Crippen LogP contribution is 2.30. The highest BCUT2D eigenvalue weighted by molar-refractivity contribution is 5.94. The number of halogens is 2. The maximum Gasteiger partial charge on any atom is 0.317 e.